The van der Waals surface area contributed by atoms with Gasteiger partial charge in [0.15, 0.2) is 0 Å². The molecule has 2 aliphatic heterocycles. The second kappa shape index (κ2) is 5.23. The Morgan fingerprint density at radius 3 is 2.77 bits per heavy atom. The lowest BCUT2D eigenvalue weighted by Crippen LogP contribution is -2.43. The van der Waals surface area contributed by atoms with E-state index in [0.717, 1.165) is 5.92 Å². The van der Waals surface area contributed by atoms with E-state index in [4.69, 9.17) is 0 Å². The van der Waals surface area contributed by atoms with E-state index in [-0.39, 0.29) is 0 Å². The standard InChI is InChI=1S/C10H20N2S/c1-2-5-12(6-3-1)11-8-10-4-7-13-9-10/h10-11H,1-9H2. The molecule has 0 radical (unpaired) electrons. The second-order valence-corrected chi connectivity index (χ2v) is 5.29. The van der Waals surface area contributed by atoms with Gasteiger partial charge in [-0.2, -0.15) is 11.8 Å². The number of piperidine rings is 1. The molecule has 76 valence electrons. The van der Waals surface area contributed by atoms with E-state index in [2.05, 4.69) is 22.2 Å². The fourth-order valence-corrected chi connectivity index (χ4v) is 3.34. The van der Waals surface area contributed by atoms with Crippen LogP contribution in [0.2, 0.25) is 0 Å². The average Bonchev–Trinajstić information content (AvgIpc) is 2.69. The number of rotatable bonds is 3. The second-order valence-electron chi connectivity index (χ2n) is 4.14. The lowest BCUT2D eigenvalue weighted by Gasteiger charge is -2.28. The summed E-state index contributed by atoms with van der Waals surface area (Å²) in [5, 5.41) is 2.42. The van der Waals surface area contributed by atoms with Crippen molar-refractivity contribution in [3.8, 4) is 0 Å². The van der Waals surface area contributed by atoms with Gasteiger partial charge in [-0.15, -0.1) is 0 Å². The normalized spacial score (nSPS) is 30.9. The van der Waals surface area contributed by atoms with E-state index in [9.17, 15) is 0 Å². The third-order valence-corrected chi connectivity index (χ3v) is 4.22. The molecule has 13 heavy (non-hydrogen) atoms. The van der Waals surface area contributed by atoms with Gasteiger partial charge in [0.05, 0.1) is 0 Å². The molecule has 0 aromatic rings. The molecule has 2 heterocycles. The third kappa shape index (κ3) is 3.15. The topological polar surface area (TPSA) is 15.3 Å². The molecule has 0 amide bonds. The lowest BCUT2D eigenvalue weighted by atomic mass is 10.1. The maximum atomic E-state index is 3.58. The van der Waals surface area contributed by atoms with Crippen molar-refractivity contribution in [1.82, 2.24) is 10.4 Å². The molecule has 0 bridgehead atoms. The molecule has 2 nitrogen and oxygen atoms in total. The predicted molar refractivity (Wildman–Crippen MR) is 58.9 cm³/mol. The van der Waals surface area contributed by atoms with Crippen LogP contribution < -0.4 is 5.43 Å². The van der Waals surface area contributed by atoms with Crippen molar-refractivity contribution in [1.29, 1.82) is 0 Å². The molecule has 0 aliphatic carbocycles. The zero-order valence-electron chi connectivity index (χ0n) is 8.30. The fraction of sp³-hybridized carbons (Fsp3) is 1.00. The van der Waals surface area contributed by atoms with Gasteiger partial charge in [-0.3, -0.25) is 5.43 Å². The smallest absolute Gasteiger partial charge is 0.0139 e. The summed E-state index contributed by atoms with van der Waals surface area (Å²) >= 11 is 2.11. The van der Waals surface area contributed by atoms with Crippen molar-refractivity contribution in [3.05, 3.63) is 0 Å². The van der Waals surface area contributed by atoms with E-state index in [1.54, 1.807) is 0 Å². The van der Waals surface area contributed by atoms with Gasteiger partial charge in [0, 0.05) is 19.6 Å². The first-order valence-electron chi connectivity index (χ1n) is 5.51. The van der Waals surface area contributed by atoms with Crippen LogP contribution in [0.4, 0.5) is 0 Å². The molecule has 2 saturated heterocycles. The van der Waals surface area contributed by atoms with Crippen LogP contribution in [0.1, 0.15) is 25.7 Å². The van der Waals surface area contributed by atoms with Gasteiger partial charge in [-0.05, 0) is 36.7 Å². The monoisotopic (exact) mass is 200 g/mol. The van der Waals surface area contributed by atoms with Crippen LogP contribution in [0, 0.1) is 5.92 Å². The van der Waals surface area contributed by atoms with Crippen molar-refractivity contribution in [2.45, 2.75) is 25.7 Å². The minimum Gasteiger partial charge on any atom is -0.255 e. The van der Waals surface area contributed by atoms with Gasteiger partial charge in [0.1, 0.15) is 0 Å². The maximum absolute atomic E-state index is 3.58. The Labute approximate surface area is 85.4 Å². The summed E-state index contributed by atoms with van der Waals surface area (Å²) in [5.41, 5.74) is 3.58. The Bertz CT molecular complexity index is 140. The Kier molecular flexibility index (Phi) is 3.94. The summed E-state index contributed by atoms with van der Waals surface area (Å²) in [7, 11) is 0. The zero-order valence-corrected chi connectivity index (χ0v) is 9.11. The molecular weight excluding hydrogens is 180 g/mol. The molecule has 1 N–H and O–H groups in total. The summed E-state index contributed by atoms with van der Waals surface area (Å²) in [5.74, 6) is 3.69. The Balaban J connectivity index is 1.60. The highest BCUT2D eigenvalue weighted by Crippen LogP contribution is 2.22. The van der Waals surface area contributed by atoms with Crippen LogP contribution in [-0.2, 0) is 0 Å². The molecule has 0 saturated carbocycles. The predicted octanol–water partition coefficient (Wildman–Crippen LogP) is 1.73. The summed E-state index contributed by atoms with van der Waals surface area (Å²) in [6.07, 6.45) is 5.61. The molecule has 0 aromatic carbocycles. The van der Waals surface area contributed by atoms with Crippen LogP contribution in [0.3, 0.4) is 0 Å². The highest BCUT2D eigenvalue weighted by Gasteiger charge is 2.16. The first kappa shape index (κ1) is 9.81. The third-order valence-electron chi connectivity index (χ3n) is 2.98. The molecule has 0 spiro atoms. The SMILES string of the molecule is C1CCN(NCC2CCSC2)CC1. The number of hydrogen-bond acceptors (Lipinski definition) is 3. The molecular formula is C10H20N2S. The molecule has 2 aliphatic rings. The minimum atomic E-state index is 0.937. The number of nitrogens with zero attached hydrogens (tertiary/aromatic N) is 1. The fourth-order valence-electron chi connectivity index (χ4n) is 2.05. The van der Waals surface area contributed by atoms with Crippen molar-refractivity contribution in [2.75, 3.05) is 31.1 Å². The van der Waals surface area contributed by atoms with E-state index in [1.165, 1.54) is 56.8 Å². The summed E-state index contributed by atoms with van der Waals surface area (Å²) in [6.45, 7) is 3.74. The van der Waals surface area contributed by atoms with Crippen molar-refractivity contribution < 1.29 is 0 Å². The molecule has 1 unspecified atom stereocenters. The molecule has 3 heteroatoms. The van der Waals surface area contributed by atoms with Gasteiger partial charge in [0.25, 0.3) is 0 Å². The Morgan fingerprint density at radius 2 is 2.08 bits per heavy atom. The van der Waals surface area contributed by atoms with Crippen LogP contribution in [0.25, 0.3) is 0 Å². The molecule has 1 atom stereocenters. The van der Waals surface area contributed by atoms with Gasteiger partial charge < -0.3 is 0 Å². The van der Waals surface area contributed by atoms with Gasteiger partial charge in [-0.1, -0.05) is 6.42 Å². The summed E-state index contributed by atoms with van der Waals surface area (Å²) < 4.78 is 0. The van der Waals surface area contributed by atoms with Crippen molar-refractivity contribution >= 4 is 11.8 Å². The Morgan fingerprint density at radius 1 is 1.23 bits per heavy atom. The van der Waals surface area contributed by atoms with E-state index in [1.807, 2.05) is 0 Å². The van der Waals surface area contributed by atoms with E-state index >= 15 is 0 Å². The van der Waals surface area contributed by atoms with E-state index < -0.39 is 0 Å². The number of thioether (sulfide) groups is 1. The Hall–Kier alpha value is 0.270. The van der Waals surface area contributed by atoms with Crippen LogP contribution in [0.15, 0.2) is 0 Å². The summed E-state index contributed by atoms with van der Waals surface area (Å²) in [6, 6.07) is 0. The van der Waals surface area contributed by atoms with Gasteiger partial charge >= 0.3 is 0 Å². The van der Waals surface area contributed by atoms with Crippen molar-refractivity contribution in [3.63, 3.8) is 0 Å². The van der Waals surface area contributed by atoms with Gasteiger partial charge in [-0.25, -0.2) is 5.01 Å². The number of hydrogen-bond donors (Lipinski definition) is 1. The lowest BCUT2D eigenvalue weighted by molar-refractivity contribution is 0.146. The molecule has 0 aromatic heterocycles. The van der Waals surface area contributed by atoms with Crippen LogP contribution >= 0.6 is 11.8 Å². The molecule has 2 fully saturated rings. The highest BCUT2D eigenvalue weighted by atomic mass is 32.2. The first-order chi connectivity index (χ1) is 6.45. The van der Waals surface area contributed by atoms with E-state index in [0.29, 0.717) is 0 Å². The number of nitrogens with one attached hydrogen (secondary N) is 1. The first-order valence-corrected chi connectivity index (χ1v) is 6.67. The quantitative estimate of drug-likeness (QED) is 0.747. The maximum Gasteiger partial charge on any atom is 0.0139 e. The number of hydrazine groups is 1. The average molecular weight is 200 g/mol. The van der Waals surface area contributed by atoms with Crippen LogP contribution in [-0.4, -0.2) is 36.1 Å². The highest BCUT2D eigenvalue weighted by molar-refractivity contribution is 7.99. The van der Waals surface area contributed by atoms with Crippen molar-refractivity contribution in [2.24, 2.45) is 5.92 Å². The minimum absolute atomic E-state index is 0.937. The largest absolute Gasteiger partial charge is 0.255 e. The van der Waals surface area contributed by atoms with Crippen LogP contribution in [0.5, 0.6) is 0 Å². The molecule has 2 rings (SSSR count). The van der Waals surface area contributed by atoms with Gasteiger partial charge in [0.2, 0.25) is 0 Å². The zero-order chi connectivity index (χ0) is 8.93. The summed E-state index contributed by atoms with van der Waals surface area (Å²) in [4.78, 5) is 0.